The second-order valence-electron chi connectivity index (χ2n) is 5.59. The summed E-state index contributed by atoms with van der Waals surface area (Å²) in [5, 5.41) is 0. The summed E-state index contributed by atoms with van der Waals surface area (Å²) in [5.74, 6) is 1.90. The molecule has 0 amide bonds. The van der Waals surface area contributed by atoms with E-state index in [9.17, 15) is 0 Å². The van der Waals surface area contributed by atoms with Gasteiger partial charge in [-0.2, -0.15) is 0 Å². The normalized spacial score (nSPS) is 19.2. The number of nitrogens with two attached hydrogens (primary N) is 1. The van der Waals surface area contributed by atoms with Gasteiger partial charge in [0.2, 0.25) is 0 Å². The molecular formula is C15H22N2O. The van der Waals surface area contributed by atoms with E-state index in [-0.39, 0.29) is 0 Å². The lowest BCUT2D eigenvalue weighted by Gasteiger charge is -2.21. The highest BCUT2D eigenvalue weighted by Crippen LogP contribution is 2.34. The van der Waals surface area contributed by atoms with Gasteiger partial charge in [-0.25, -0.2) is 0 Å². The first-order valence-corrected chi connectivity index (χ1v) is 7.03. The molecule has 98 valence electrons. The van der Waals surface area contributed by atoms with Crippen LogP contribution in [0, 0.1) is 5.92 Å². The van der Waals surface area contributed by atoms with Crippen LogP contribution in [0.25, 0.3) is 0 Å². The fourth-order valence-electron chi connectivity index (χ4n) is 2.34. The Labute approximate surface area is 109 Å². The Morgan fingerprint density at radius 2 is 1.83 bits per heavy atom. The third kappa shape index (κ3) is 3.39. The Morgan fingerprint density at radius 3 is 2.44 bits per heavy atom. The molecule has 0 spiro atoms. The summed E-state index contributed by atoms with van der Waals surface area (Å²) >= 11 is 0. The summed E-state index contributed by atoms with van der Waals surface area (Å²) < 4.78 is 5.77. The number of hydrogen-bond acceptors (Lipinski definition) is 3. The van der Waals surface area contributed by atoms with Gasteiger partial charge in [-0.3, -0.25) is 4.90 Å². The van der Waals surface area contributed by atoms with Crippen LogP contribution in [0.5, 0.6) is 5.75 Å². The number of anilines is 1. The maximum Gasteiger partial charge on any atom is 0.119 e. The van der Waals surface area contributed by atoms with E-state index in [1.165, 1.54) is 32.2 Å². The lowest BCUT2D eigenvalue weighted by atomic mass is 10.3. The van der Waals surface area contributed by atoms with Crippen molar-refractivity contribution in [1.29, 1.82) is 0 Å². The zero-order valence-corrected chi connectivity index (χ0v) is 10.8. The van der Waals surface area contributed by atoms with Crippen molar-refractivity contribution in [3.8, 4) is 5.75 Å². The predicted octanol–water partition coefficient (Wildman–Crippen LogP) is 2.52. The lowest BCUT2D eigenvalue weighted by Crippen LogP contribution is -2.32. The van der Waals surface area contributed by atoms with Crippen LogP contribution >= 0.6 is 0 Å². The molecule has 0 bridgehead atoms. The minimum absolute atomic E-state index is 0.785. The van der Waals surface area contributed by atoms with Gasteiger partial charge < -0.3 is 10.5 Å². The molecule has 0 heterocycles. The molecule has 0 atom stereocenters. The summed E-state index contributed by atoms with van der Waals surface area (Å²) in [6.45, 7) is 3.13. The van der Waals surface area contributed by atoms with Gasteiger partial charge in [0.05, 0.1) is 0 Å². The second-order valence-corrected chi connectivity index (χ2v) is 5.59. The Morgan fingerprint density at radius 1 is 1.11 bits per heavy atom. The van der Waals surface area contributed by atoms with Gasteiger partial charge in [0.15, 0.2) is 0 Å². The van der Waals surface area contributed by atoms with Crippen LogP contribution in [-0.4, -0.2) is 30.6 Å². The largest absolute Gasteiger partial charge is 0.492 e. The van der Waals surface area contributed by atoms with E-state index in [1.54, 1.807) is 0 Å². The molecule has 3 nitrogen and oxygen atoms in total. The second kappa shape index (κ2) is 5.19. The predicted molar refractivity (Wildman–Crippen MR) is 73.7 cm³/mol. The van der Waals surface area contributed by atoms with E-state index in [0.717, 1.165) is 36.5 Å². The number of nitrogen functional groups attached to an aromatic ring is 1. The van der Waals surface area contributed by atoms with Gasteiger partial charge in [0.25, 0.3) is 0 Å². The third-order valence-electron chi connectivity index (χ3n) is 3.78. The van der Waals surface area contributed by atoms with Crippen molar-refractivity contribution in [3.63, 3.8) is 0 Å². The highest BCUT2D eigenvalue weighted by Gasteiger charge is 2.33. The first kappa shape index (κ1) is 11.8. The van der Waals surface area contributed by atoms with Crippen molar-refractivity contribution >= 4 is 5.69 Å². The summed E-state index contributed by atoms with van der Waals surface area (Å²) in [6.07, 6.45) is 5.63. The standard InChI is InChI=1S/C15H22N2O/c16-13-3-7-15(8-4-13)18-10-9-17(14-5-6-14)11-12-1-2-12/h3-4,7-8,12,14H,1-2,5-6,9-11,16H2. The van der Waals surface area contributed by atoms with Gasteiger partial charge in [0, 0.05) is 24.8 Å². The van der Waals surface area contributed by atoms with Crippen LogP contribution in [0.2, 0.25) is 0 Å². The first-order chi connectivity index (χ1) is 8.81. The molecule has 2 aliphatic rings. The fraction of sp³-hybridized carbons (Fsp3) is 0.600. The molecular weight excluding hydrogens is 224 g/mol. The molecule has 3 heteroatoms. The molecule has 1 aromatic rings. The van der Waals surface area contributed by atoms with Crippen LogP contribution in [0.15, 0.2) is 24.3 Å². The number of benzene rings is 1. The molecule has 18 heavy (non-hydrogen) atoms. The molecule has 2 fully saturated rings. The monoisotopic (exact) mass is 246 g/mol. The van der Waals surface area contributed by atoms with Crippen LogP contribution in [0.1, 0.15) is 25.7 Å². The molecule has 0 aromatic heterocycles. The molecule has 2 saturated carbocycles. The van der Waals surface area contributed by atoms with Crippen molar-refractivity contribution in [2.75, 3.05) is 25.4 Å². The van der Waals surface area contributed by atoms with Crippen molar-refractivity contribution in [2.45, 2.75) is 31.7 Å². The summed E-state index contributed by atoms with van der Waals surface area (Å²) in [7, 11) is 0. The van der Waals surface area contributed by atoms with Crippen molar-refractivity contribution < 1.29 is 4.74 Å². The van der Waals surface area contributed by atoms with Gasteiger partial charge >= 0.3 is 0 Å². The summed E-state index contributed by atoms with van der Waals surface area (Å²) in [5.41, 5.74) is 6.44. The van der Waals surface area contributed by atoms with Gasteiger partial charge in [0.1, 0.15) is 12.4 Å². The van der Waals surface area contributed by atoms with E-state index in [0.29, 0.717) is 0 Å². The van der Waals surface area contributed by atoms with Crippen molar-refractivity contribution in [1.82, 2.24) is 4.90 Å². The average Bonchev–Trinajstić information content (AvgIpc) is 3.24. The Hall–Kier alpha value is -1.22. The van der Waals surface area contributed by atoms with E-state index in [2.05, 4.69) is 4.90 Å². The van der Waals surface area contributed by atoms with Crippen molar-refractivity contribution in [2.24, 2.45) is 5.92 Å². The SMILES string of the molecule is Nc1ccc(OCCN(CC2CC2)C2CC2)cc1. The third-order valence-corrected chi connectivity index (χ3v) is 3.78. The van der Waals surface area contributed by atoms with Crippen LogP contribution in [0.3, 0.4) is 0 Å². The first-order valence-electron chi connectivity index (χ1n) is 7.03. The van der Waals surface area contributed by atoms with Crippen molar-refractivity contribution in [3.05, 3.63) is 24.3 Å². The Bertz CT molecular complexity index is 382. The summed E-state index contributed by atoms with van der Waals surface area (Å²) in [4.78, 5) is 2.62. The molecule has 2 aliphatic carbocycles. The van der Waals surface area contributed by atoms with Gasteiger partial charge in [-0.15, -0.1) is 0 Å². The van der Waals surface area contributed by atoms with Crippen LogP contribution in [-0.2, 0) is 0 Å². The quantitative estimate of drug-likeness (QED) is 0.751. The van der Waals surface area contributed by atoms with E-state index in [1.807, 2.05) is 24.3 Å². The maximum atomic E-state index is 5.77. The maximum absolute atomic E-state index is 5.77. The van der Waals surface area contributed by atoms with E-state index >= 15 is 0 Å². The van der Waals surface area contributed by atoms with E-state index < -0.39 is 0 Å². The van der Waals surface area contributed by atoms with Gasteiger partial charge in [-0.1, -0.05) is 0 Å². The number of ether oxygens (including phenoxy) is 1. The Kier molecular flexibility index (Phi) is 3.41. The zero-order chi connectivity index (χ0) is 12.4. The molecule has 1 aromatic carbocycles. The minimum Gasteiger partial charge on any atom is -0.492 e. The highest BCUT2D eigenvalue weighted by atomic mass is 16.5. The van der Waals surface area contributed by atoms with E-state index in [4.69, 9.17) is 10.5 Å². The summed E-state index contributed by atoms with van der Waals surface area (Å²) in [6, 6.07) is 8.51. The Balaban J connectivity index is 1.43. The molecule has 0 radical (unpaired) electrons. The fourth-order valence-corrected chi connectivity index (χ4v) is 2.34. The van der Waals surface area contributed by atoms with Crippen LogP contribution < -0.4 is 10.5 Å². The number of nitrogens with zero attached hydrogens (tertiary/aromatic N) is 1. The molecule has 3 rings (SSSR count). The van der Waals surface area contributed by atoms with Crippen LogP contribution in [0.4, 0.5) is 5.69 Å². The topological polar surface area (TPSA) is 38.5 Å². The number of hydrogen-bond donors (Lipinski definition) is 1. The smallest absolute Gasteiger partial charge is 0.119 e. The molecule has 0 saturated heterocycles. The molecule has 0 aliphatic heterocycles. The average molecular weight is 246 g/mol. The lowest BCUT2D eigenvalue weighted by molar-refractivity contribution is 0.195. The highest BCUT2D eigenvalue weighted by molar-refractivity contribution is 5.41. The number of rotatable bonds is 7. The zero-order valence-electron chi connectivity index (χ0n) is 10.8. The minimum atomic E-state index is 0.785. The molecule has 0 unspecified atom stereocenters. The van der Waals surface area contributed by atoms with Gasteiger partial charge in [-0.05, 0) is 55.9 Å². The molecule has 2 N–H and O–H groups in total.